The first kappa shape index (κ1) is 11.9. The molecule has 0 atom stereocenters. The highest BCUT2D eigenvalue weighted by atomic mass is 16.6. The van der Waals surface area contributed by atoms with Gasteiger partial charge in [0.05, 0.1) is 0 Å². The molecule has 4 nitrogen and oxygen atoms in total. The molecule has 0 bridgehead atoms. The summed E-state index contributed by atoms with van der Waals surface area (Å²) in [5.41, 5.74) is 6.47. The molecular formula is C13H18N2O2. The minimum Gasteiger partial charge on any atom is -0.445 e. The molecule has 1 aromatic rings. The minimum atomic E-state index is -0.220. The van der Waals surface area contributed by atoms with Crippen LogP contribution in [0.5, 0.6) is 0 Å². The molecular weight excluding hydrogens is 216 g/mol. The molecule has 1 aromatic carbocycles. The van der Waals surface area contributed by atoms with Crippen molar-refractivity contribution in [3.05, 3.63) is 35.9 Å². The Morgan fingerprint density at radius 1 is 1.35 bits per heavy atom. The monoisotopic (exact) mass is 234 g/mol. The van der Waals surface area contributed by atoms with E-state index in [0.29, 0.717) is 19.1 Å². The Morgan fingerprint density at radius 3 is 2.71 bits per heavy atom. The lowest BCUT2D eigenvalue weighted by Gasteiger charge is -2.38. The van der Waals surface area contributed by atoms with Crippen LogP contribution in [0.2, 0.25) is 0 Å². The molecule has 0 aliphatic carbocycles. The molecule has 0 aromatic heterocycles. The van der Waals surface area contributed by atoms with Gasteiger partial charge in [-0.15, -0.1) is 0 Å². The lowest BCUT2D eigenvalue weighted by Crippen LogP contribution is -2.50. The summed E-state index contributed by atoms with van der Waals surface area (Å²) < 4.78 is 5.21. The molecule has 1 aliphatic heterocycles. The van der Waals surface area contributed by atoms with Crippen LogP contribution in [0.1, 0.15) is 12.0 Å². The van der Waals surface area contributed by atoms with Gasteiger partial charge >= 0.3 is 6.09 Å². The first-order valence-corrected chi connectivity index (χ1v) is 5.95. The van der Waals surface area contributed by atoms with Gasteiger partial charge in [-0.2, -0.15) is 0 Å². The molecule has 1 fully saturated rings. The van der Waals surface area contributed by atoms with E-state index in [1.165, 1.54) is 0 Å². The molecule has 1 aliphatic rings. The summed E-state index contributed by atoms with van der Waals surface area (Å²) in [7, 11) is 0. The third kappa shape index (κ3) is 3.20. The normalized spacial score (nSPS) is 15.5. The van der Waals surface area contributed by atoms with Crippen molar-refractivity contribution < 1.29 is 9.53 Å². The first-order chi connectivity index (χ1) is 8.29. The van der Waals surface area contributed by atoms with Gasteiger partial charge in [-0.05, 0) is 24.4 Å². The van der Waals surface area contributed by atoms with E-state index in [-0.39, 0.29) is 6.09 Å². The number of carbonyl (C=O) groups excluding carboxylic acids is 1. The molecule has 1 saturated heterocycles. The highest BCUT2D eigenvalue weighted by Crippen LogP contribution is 2.19. The van der Waals surface area contributed by atoms with Gasteiger partial charge in [0.25, 0.3) is 0 Å². The van der Waals surface area contributed by atoms with Gasteiger partial charge in [0, 0.05) is 13.1 Å². The Hall–Kier alpha value is -1.55. The van der Waals surface area contributed by atoms with Crippen LogP contribution in [-0.4, -0.2) is 30.6 Å². The van der Waals surface area contributed by atoms with E-state index in [2.05, 4.69) is 0 Å². The molecule has 0 saturated carbocycles. The fraction of sp³-hybridized carbons (Fsp3) is 0.462. The van der Waals surface area contributed by atoms with Crippen LogP contribution in [0.4, 0.5) is 4.79 Å². The van der Waals surface area contributed by atoms with Gasteiger partial charge in [0.2, 0.25) is 0 Å². The number of ether oxygens (including phenoxy) is 1. The van der Waals surface area contributed by atoms with Crippen molar-refractivity contribution in [2.45, 2.75) is 13.0 Å². The molecule has 17 heavy (non-hydrogen) atoms. The van der Waals surface area contributed by atoms with E-state index in [1.807, 2.05) is 30.3 Å². The quantitative estimate of drug-likeness (QED) is 0.861. The topological polar surface area (TPSA) is 55.6 Å². The van der Waals surface area contributed by atoms with Gasteiger partial charge < -0.3 is 15.4 Å². The maximum absolute atomic E-state index is 11.6. The SMILES string of the molecule is NCCC1CN(C(=O)OCc2ccccc2)C1. The fourth-order valence-electron chi connectivity index (χ4n) is 1.95. The molecule has 4 heteroatoms. The van der Waals surface area contributed by atoms with Crippen LogP contribution in [0.15, 0.2) is 30.3 Å². The number of likely N-dealkylation sites (tertiary alicyclic amines) is 1. The molecule has 0 unspecified atom stereocenters. The van der Waals surface area contributed by atoms with Crippen LogP contribution in [0.25, 0.3) is 0 Å². The number of nitrogens with zero attached hydrogens (tertiary/aromatic N) is 1. The van der Waals surface area contributed by atoms with Crippen molar-refractivity contribution in [3.8, 4) is 0 Å². The van der Waals surface area contributed by atoms with Crippen molar-refractivity contribution in [3.63, 3.8) is 0 Å². The second-order valence-corrected chi connectivity index (χ2v) is 4.39. The van der Waals surface area contributed by atoms with Gasteiger partial charge in [0.15, 0.2) is 0 Å². The third-order valence-electron chi connectivity index (χ3n) is 3.00. The highest BCUT2D eigenvalue weighted by molar-refractivity contribution is 5.68. The Bertz CT molecular complexity index is 361. The number of benzene rings is 1. The van der Waals surface area contributed by atoms with Crippen LogP contribution in [0, 0.1) is 5.92 Å². The summed E-state index contributed by atoms with van der Waals surface area (Å²) in [6.07, 6.45) is 0.768. The number of amides is 1. The smallest absolute Gasteiger partial charge is 0.410 e. The van der Waals surface area contributed by atoms with Crippen LogP contribution >= 0.6 is 0 Å². The number of hydrogen-bond donors (Lipinski definition) is 1. The Balaban J connectivity index is 1.69. The Morgan fingerprint density at radius 2 is 2.06 bits per heavy atom. The zero-order valence-corrected chi connectivity index (χ0v) is 9.84. The number of rotatable bonds is 4. The minimum absolute atomic E-state index is 0.220. The zero-order valence-electron chi connectivity index (χ0n) is 9.84. The van der Waals surface area contributed by atoms with Crippen LogP contribution in [-0.2, 0) is 11.3 Å². The van der Waals surface area contributed by atoms with Crippen molar-refractivity contribution in [2.75, 3.05) is 19.6 Å². The van der Waals surface area contributed by atoms with E-state index >= 15 is 0 Å². The van der Waals surface area contributed by atoms with E-state index in [4.69, 9.17) is 10.5 Å². The highest BCUT2D eigenvalue weighted by Gasteiger charge is 2.30. The van der Waals surface area contributed by atoms with Gasteiger partial charge in [0.1, 0.15) is 6.61 Å². The number of carbonyl (C=O) groups is 1. The average Bonchev–Trinajstić information content (AvgIpc) is 2.31. The maximum Gasteiger partial charge on any atom is 0.410 e. The van der Waals surface area contributed by atoms with Crippen molar-refractivity contribution in [1.29, 1.82) is 0 Å². The maximum atomic E-state index is 11.6. The lowest BCUT2D eigenvalue weighted by molar-refractivity contribution is 0.0478. The molecule has 2 N–H and O–H groups in total. The van der Waals surface area contributed by atoms with Crippen molar-refractivity contribution in [2.24, 2.45) is 11.7 Å². The van der Waals surface area contributed by atoms with Crippen molar-refractivity contribution in [1.82, 2.24) is 4.90 Å². The molecule has 1 amide bonds. The summed E-state index contributed by atoms with van der Waals surface area (Å²) in [6.45, 7) is 2.60. The summed E-state index contributed by atoms with van der Waals surface area (Å²) in [6, 6.07) is 9.70. The van der Waals surface area contributed by atoms with Gasteiger partial charge in [-0.3, -0.25) is 0 Å². The predicted octanol–water partition coefficient (Wildman–Crippen LogP) is 1.60. The first-order valence-electron chi connectivity index (χ1n) is 5.95. The second-order valence-electron chi connectivity index (χ2n) is 4.39. The summed E-state index contributed by atoms with van der Waals surface area (Å²) >= 11 is 0. The molecule has 2 rings (SSSR count). The molecule has 1 heterocycles. The lowest BCUT2D eigenvalue weighted by atomic mass is 9.97. The third-order valence-corrected chi connectivity index (χ3v) is 3.00. The molecule has 0 radical (unpaired) electrons. The summed E-state index contributed by atoms with van der Waals surface area (Å²) in [4.78, 5) is 13.3. The average molecular weight is 234 g/mol. The van der Waals surface area contributed by atoms with E-state index in [1.54, 1.807) is 4.90 Å². The molecule has 92 valence electrons. The van der Waals surface area contributed by atoms with Crippen LogP contribution in [0.3, 0.4) is 0 Å². The van der Waals surface area contributed by atoms with E-state index < -0.39 is 0 Å². The number of hydrogen-bond acceptors (Lipinski definition) is 3. The van der Waals surface area contributed by atoms with Gasteiger partial charge in [-0.1, -0.05) is 30.3 Å². The summed E-state index contributed by atoms with van der Waals surface area (Å²) in [5.74, 6) is 0.560. The van der Waals surface area contributed by atoms with E-state index in [0.717, 1.165) is 25.1 Å². The Kier molecular flexibility index (Phi) is 3.98. The fourth-order valence-corrected chi connectivity index (χ4v) is 1.95. The number of nitrogens with two attached hydrogens (primary N) is 1. The standard InChI is InChI=1S/C13H18N2O2/c14-7-6-12-8-15(9-12)13(16)17-10-11-4-2-1-3-5-11/h1-5,12H,6-10,14H2. The largest absolute Gasteiger partial charge is 0.445 e. The predicted molar refractivity (Wildman–Crippen MR) is 65.4 cm³/mol. The van der Waals surface area contributed by atoms with Gasteiger partial charge in [-0.25, -0.2) is 4.79 Å². The zero-order chi connectivity index (χ0) is 12.1. The second kappa shape index (κ2) is 5.68. The Labute approximate surface area is 101 Å². The van der Waals surface area contributed by atoms with Crippen LogP contribution < -0.4 is 5.73 Å². The van der Waals surface area contributed by atoms with E-state index in [9.17, 15) is 4.79 Å². The van der Waals surface area contributed by atoms with Crippen molar-refractivity contribution >= 4 is 6.09 Å². The molecule has 0 spiro atoms. The summed E-state index contributed by atoms with van der Waals surface area (Å²) in [5, 5.41) is 0.